The normalized spacial score (nSPS) is 51.2. The van der Waals surface area contributed by atoms with Crippen molar-refractivity contribution in [3.63, 3.8) is 0 Å². The third-order valence-electron chi connectivity index (χ3n) is 6.40. The molecule has 4 aliphatic carbocycles. The van der Waals surface area contributed by atoms with Gasteiger partial charge in [-0.15, -0.1) is 0 Å². The van der Waals surface area contributed by atoms with Crippen LogP contribution in [0.25, 0.3) is 0 Å². The number of nitrogens with zero attached hydrogens (tertiary/aromatic N) is 1. The number of hydrogen-bond acceptors (Lipinski definition) is 2. The van der Waals surface area contributed by atoms with Gasteiger partial charge in [-0.3, -0.25) is 5.43 Å². The molecule has 0 aromatic carbocycles. The molecule has 1 aliphatic heterocycles. The summed E-state index contributed by atoms with van der Waals surface area (Å²) in [5.74, 6) is 6.30. The van der Waals surface area contributed by atoms with Gasteiger partial charge < -0.3 is 0 Å². The molecule has 0 spiro atoms. The molecule has 4 saturated carbocycles. The molecule has 2 nitrogen and oxygen atoms in total. The van der Waals surface area contributed by atoms with Crippen molar-refractivity contribution < 1.29 is 0 Å². The van der Waals surface area contributed by atoms with E-state index in [-0.39, 0.29) is 0 Å². The van der Waals surface area contributed by atoms with Crippen LogP contribution in [0.4, 0.5) is 0 Å². The zero-order valence-electron chi connectivity index (χ0n) is 11.8. The predicted molar refractivity (Wildman–Crippen MR) is 73.9 cm³/mol. The van der Waals surface area contributed by atoms with Crippen LogP contribution in [0.2, 0.25) is 0 Å². The maximum atomic E-state index is 3.77. The SMILES string of the molecule is CC1CCN(NCC2C3CC4CC(C3)CC2C4)C1. The largest absolute Gasteiger partial charge is 0.255 e. The molecule has 0 aromatic rings. The first kappa shape index (κ1) is 11.7. The van der Waals surface area contributed by atoms with Crippen molar-refractivity contribution in [1.82, 2.24) is 10.4 Å². The molecule has 0 radical (unpaired) electrons. The summed E-state index contributed by atoms with van der Waals surface area (Å²) in [5, 5.41) is 2.50. The summed E-state index contributed by atoms with van der Waals surface area (Å²) in [5.41, 5.74) is 3.77. The van der Waals surface area contributed by atoms with E-state index in [0.29, 0.717) is 0 Å². The summed E-state index contributed by atoms with van der Waals surface area (Å²) in [6, 6.07) is 0. The Balaban J connectivity index is 1.35. The Morgan fingerprint density at radius 2 is 1.67 bits per heavy atom. The summed E-state index contributed by atoms with van der Waals surface area (Å²) in [6.45, 7) is 6.20. The highest BCUT2D eigenvalue weighted by atomic mass is 15.5. The third-order valence-corrected chi connectivity index (χ3v) is 6.40. The summed E-state index contributed by atoms with van der Waals surface area (Å²) >= 11 is 0. The quantitative estimate of drug-likeness (QED) is 0.826. The molecule has 4 bridgehead atoms. The zero-order chi connectivity index (χ0) is 12.1. The first-order chi connectivity index (χ1) is 8.78. The van der Waals surface area contributed by atoms with E-state index in [1.807, 2.05) is 0 Å². The van der Waals surface area contributed by atoms with Crippen LogP contribution in [0.5, 0.6) is 0 Å². The van der Waals surface area contributed by atoms with Gasteiger partial charge in [-0.05, 0) is 74.0 Å². The first-order valence-corrected chi connectivity index (χ1v) is 8.26. The number of nitrogens with one attached hydrogen (secondary N) is 1. The number of rotatable bonds is 3. The predicted octanol–water partition coefficient (Wildman–Crippen LogP) is 2.91. The molecule has 1 atom stereocenters. The molecule has 1 heterocycles. The second kappa shape index (κ2) is 4.49. The fraction of sp³-hybridized carbons (Fsp3) is 1.00. The van der Waals surface area contributed by atoms with E-state index >= 15 is 0 Å². The van der Waals surface area contributed by atoms with Gasteiger partial charge in [0.15, 0.2) is 0 Å². The molecule has 5 aliphatic rings. The van der Waals surface area contributed by atoms with Crippen LogP contribution in [0, 0.1) is 35.5 Å². The van der Waals surface area contributed by atoms with Crippen LogP contribution < -0.4 is 5.43 Å². The number of hydrazine groups is 1. The van der Waals surface area contributed by atoms with Gasteiger partial charge in [0.2, 0.25) is 0 Å². The van der Waals surface area contributed by atoms with Crippen LogP contribution in [0.3, 0.4) is 0 Å². The van der Waals surface area contributed by atoms with Gasteiger partial charge in [0, 0.05) is 19.6 Å². The number of hydrogen-bond donors (Lipinski definition) is 1. The highest BCUT2D eigenvalue weighted by Gasteiger charge is 2.47. The summed E-state index contributed by atoms with van der Waals surface area (Å²) in [6.07, 6.45) is 9.22. The van der Waals surface area contributed by atoms with E-state index in [0.717, 1.165) is 35.5 Å². The van der Waals surface area contributed by atoms with Crippen LogP contribution >= 0.6 is 0 Å². The molecule has 2 heteroatoms. The lowest BCUT2D eigenvalue weighted by Gasteiger charge is -2.54. The Hall–Kier alpha value is -0.0800. The van der Waals surface area contributed by atoms with E-state index in [2.05, 4.69) is 17.4 Å². The lowest BCUT2D eigenvalue weighted by atomic mass is 9.52. The molecule has 5 fully saturated rings. The van der Waals surface area contributed by atoms with Crippen LogP contribution in [0.1, 0.15) is 45.4 Å². The fourth-order valence-electron chi connectivity index (χ4n) is 5.68. The van der Waals surface area contributed by atoms with E-state index in [9.17, 15) is 0 Å². The Bertz CT molecular complexity index is 286. The topological polar surface area (TPSA) is 15.3 Å². The van der Waals surface area contributed by atoms with Crippen molar-refractivity contribution in [1.29, 1.82) is 0 Å². The smallest absolute Gasteiger partial charge is 0.0157 e. The molecule has 102 valence electrons. The van der Waals surface area contributed by atoms with Gasteiger partial charge in [-0.1, -0.05) is 6.92 Å². The standard InChI is InChI=1S/C16H28N2/c1-11-2-3-18(10-11)17-9-16-14-5-12-4-13(7-14)8-15(16)6-12/h11-17H,2-10H2,1H3. The van der Waals surface area contributed by atoms with Gasteiger partial charge in [0.25, 0.3) is 0 Å². The van der Waals surface area contributed by atoms with Gasteiger partial charge >= 0.3 is 0 Å². The Morgan fingerprint density at radius 3 is 2.22 bits per heavy atom. The van der Waals surface area contributed by atoms with Crippen molar-refractivity contribution >= 4 is 0 Å². The zero-order valence-corrected chi connectivity index (χ0v) is 11.8. The summed E-state index contributed by atoms with van der Waals surface area (Å²) in [7, 11) is 0. The molecule has 0 aromatic heterocycles. The first-order valence-electron chi connectivity index (χ1n) is 8.26. The average Bonchev–Trinajstić information content (AvgIpc) is 2.73. The minimum Gasteiger partial charge on any atom is -0.255 e. The van der Waals surface area contributed by atoms with Crippen molar-refractivity contribution in [2.75, 3.05) is 19.6 Å². The molecule has 1 saturated heterocycles. The van der Waals surface area contributed by atoms with Crippen molar-refractivity contribution in [3.05, 3.63) is 0 Å². The maximum absolute atomic E-state index is 3.77. The molecule has 5 rings (SSSR count). The van der Waals surface area contributed by atoms with Gasteiger partial charge in [0.1, 0.15) is 0 Å². The van der Waals surface area contributed by atoms with Crippen molar-refractivity contribution in [2.24, 2.45) is 35.5 Å². The summed E-state index contributed by atoms with van der Waals surface area (Å²) in [4.78, 5) is 0. The van der Waals surface area contributed by atoms with E-state index in [4.69, 9.17) is 0 Å². The average molecular weight is 248 g/mol. The van der Waals surface area contributed by atoms with Crippen LogP contribution in [-0.2, 0) is 0 Å². The van der Waals surface area contributed by atoms with E-state index in [1.165, 1.54) is 26.1 Å². The third kappa shape index (κ3) is 2.02. The molecular formula is C16H28N2. The highest BCUT2D eigenvalue weighted by Crippen LogP contribution is 2.56. The maximum Gasteiger partial charge on any atom is 0.0157 e. The van der Waals surface area contributed by atoms with Gasteiger partial charge in [-0.2, -0.15) is 0 Å². The monoisotopic (exact) mass is 248 g/mol. The van der Waals surface area contributed by atoms with Crippen LogP contribution in [-0.4, -0.2) is 24.6 Å². The Morgan fingerprint density at radius 1 is 1.00 bits per heavy atom. The molecule has 1 N–H and O–H groups in total. The molecular weight excluding hydrogens is 220 g/mol. The second-order valence-corrected chi connectivity index (χ2v) is 7.80. The van der Waals surface area contributed by atoms with Crippen molar-refractivity contribution in [2.45, 2.75) is 45.4 Å². The molecule has 1 unspecified atom stereocenters. The lowest BCUT2D eigenvalue weighted by molar-refractivity contribution is -0.0417. The van der Waals surface area contributed by atoms with E-state index < -0.39 is 0 Å². The van der Waals surface area contributed by atoms with Crippen LogP contribution in [0.15, 0.2) is 0 Å². The summed E-state index contributed by atoms with van der Waals surface area (Å²) < 4.78 is 0. The lowest BCUT2D eigenvalue weighted by Crippen LogP contribution is -2.50. The molecule has 0 amide bonds. The van der Waals surface area contributed by atoms with Gasteiger partial charge in [0.05, 0.1) is 0 Å². The van der Waals surface area contributed by atoms with Gasteiger partial charge in [-0.25, -0.2) is 5.01 Å². The fourth-order valence-corrected chi connectivity index (χ4v) is 5.68. The Labute approximate surface area is 111 Å². The highest BCUT2D eigenvalue weighted by molar-refractivity contribution is 4.98. The second-order valence-electron chi connectivity index (χ2n) is 7.80. The Kier molecular flexibility index (Phi) is 2.92. The van der Waals surface area contributed by atoms with E-state index in [1.54, 1.807) is 32.1 Å². The minimum absolute atomic E-state index is 0.899. The van der Waals surface area contributed by atoms with Crippen molar-refractivity contribution in [3.8, 4) is 0 Å². The molecule has 18 heavy (non-hydrogen) atoms. The minimum atomic E-state index is 0.899.